The van der Waals surface area contributed by atoms with Crippen molar-refractivity contribution in [2.75, 3.05) is 39.4 Å². The van der Waals surface area contributed by atoms with Gasteiger partial charge in [-0.25, -0.2) is 4.98 Å². The summed E-state index contributed by atoms with van der Waals surface area (Å²) in [5.74, 6) is 0.101. The zero-order chi connectivity index (χ0) is 21.5. The summed E-state index contributed by atoms with van der Waals surface area (Å²) in [4.78, 5) is 36.1. The Hall–Kier alpha value is -1.81. The van der Waals surface area contributed by atoms with Crippen molar-refractivity contribution >= 4 is 27.5 Å². The van der Waals surface area contributed by atoms with Crippen molar-refractivity contribution in [3.8, 4) is 0 Å². The normalized spacial score (nSPS) is 21.1. The monoisotopic (exact) mass is 434 g/mol. The fraction of sp³-hybridized carbons (Fsp3) is 0.667. The molecule has 1 amide bonds. The van der Waals surface area contributed by atoms with Crippen molar-refractivity contribution in [3.05, 3.63) is 27.1 Å². The van der Waals surface area contributed by atoms with Gasteiger partial charge in [-0.2, -0.15) is 0 Å². The average Bonchev–Trinajstić information content (AvgIpc) is 3.04. The Morgan fingerprint density at radius 1 is 1.27 bits per heavy atom. The number of amides is 1. The number of hydrogen-bond donors (Lipinski definition) is 1. The molecule has 2 aromatic heterocycles. The molecule has 0 spiro atoms. The molecule has 0 bridgehead atoms. The third kappa shape index (κ3) is 4.03. The number of hydrogen-bond acceptors (Lipinski definition) is 7. The number of aliphatic hydroxyl groups is 1. The van der Waals surface area contributed by atoms with Crippen LogP contribution in [0.1, 0.15) is 30.2 Å². The summed E-state index contributed by atoms with van der Waals surface area (Å²) in [6.45, 7) is 9.91. The number of piperidine rings is 1. The number of nitrogens with zero attached hydrogens (tertiary/aromatic N) is 4. The van der Waals surface area contributed by atoms with E-state index in [1.165, 1.54) is 22.2 Å². The minimum Gasteiger partial charge on any atom is -0.388 e. The van der Waals surface area contributed by atoms with E-state index in [0.29, 0.717) is 44.5 Å². The molecule has 9 heteroatoms. The number of thiophene rings is 1. The lowest BCUT2D eigenvalue weighted by atomic mass is 9.91. The molecule has 0 radical (unpaired) electrons. The van der Waals surface area contributed by atoms with E-state index in [1.54, 1.807) is 0 Å². The van der Waals surface area contributed by atoms with Crippen LogP contribution in [0.3, 0.4) is 0 Å². The van der Waals surface area contributed by atoms with Crippen LogP contribution in [-0.2, 0) is 16.1 Å². The molecule has 1 N–H and O–H groups in total. The molecule has 2 fully saturated rings. The molecule has 30 heavy (non-hydrogen) atoms. The van der Waals surface area contributed by atoms with Crippen LogP contribution in [0.15, 0.2) is 11.1 Å². The molecule has 0 aliphatic carbocycles. The van der Waals surface area contributed by atoms with Gasteiger partial charge in [0.05, 0.1) is 43.1 Å². The summed E-state index contributed by atoms with van der Waals surface area (Å²) in [6.07, 6.45) is 2.43. The highest BCUT2D eigenvalue weighted by Crippen LogP contribution is 2.27. The van der Waals surface area contributed by atoms with Crippen LogP contribution in [0.2, 0.25) is 0 Å². The van der Waals surface area contributed by atoms with Crippen molar-refractivity contribution in [2.45, 2.75) is 51.8 Å². The second-order valence-corrected chi connectivity index (χ2v) is 9.72. The number of carbonyl (C=O) groups excluding carboxylic acids is 1. The first kappa shape index (κ1) is 21.4. The van der Waals surface area contributed by atoms with Gasteiger partial charge in [0, 0.05) is 31.1 Å². The summed E-state index contributed by atoms with van der Waals surface area (Å²) >= 11 is 1.52. The first-order chi connectivity index (χ1) is 14.3. The van der Waals surface area contributed by atoms with Crippen LogP contribution in [0, 0.1) is 13.8 Å². The Morgan fingerprint density at radius 2 is 1.93 bits per heavy atom. The average molecular weight is 435 g/mol. The first-order valence-corrected chi connectivity index (χ1v) is 11.4. The molecule has 1 atom stereocenters. The quantitative estimate of drug-likeness (QED) is 0.777. The van der Waals surface area contributed by atoms with E-state index < -0.39 is 5.60 Å². The standard InChI is InChI=1S/C21H30N4O4S/c1-14-16(3)30-18-17(14)20(27)25(13-22-18)12-21(28)4-6-24(7-5-21)19(26)15(2)23-8-10-29-11-9-23/h13,15,28H,4-12H2,1-3H3. The van der Waals surface area contributed by atoms with Crippen LogP contribution in [0.25, 0.3) is 10.2 Å². The summed E-state index contributed by atoms with van der Waals surface area (Å²) in [5, 5.41) is 11.8. The summed E-state index contributed by atoms with van der Waals surface area (Å²) in [7, 11) is 0. The van der Waals surface area contributed by atoms with E-state index in [0.717, 1.165) is 28.4 Å². The third-order valence-corrected chi connectivity index (χ3v) is 7.69. The molecule has 0 aromatic carbocycles. The van der Waals surface area contributed by atoms with Gasteiger partial charge in [0.2, 0.25) is 5.91 Å². The topological polar surface area (TPSA) is 87.9 Å². The molecule has 2 aliphatic rings. The predicted molar refractivity (Wildman–Crippen MR) is 116 cm³/mol. The van der Waals surface area contributed by atoms with Crippen LogP contribution >= 0.6 is 11.3 Å². The number of aryl methyl sites for hydroxylation is 2. The zero-order valence-corrected chi connectivity index (χ0v) is 18.7. The minimum atomic E-state index is -1.02. The maximum absolute atomic E-state index is 13.0. The maximum Gasteiger partial charge on any atom is 0.262 e. The summed E-state index contributed by atoms with van der Waals surface area (Å²) in [6, 6.07) is -0.181. The number of likely N-dealkylation sites (tertiary alicyclic amines) is 1. The third-order valence-electron chi connectivity index (χ3n) is 6.58. The summed E-state index contributed by atoms with van der Waals surface area (Å²) in [5.41, 5.74) is -0.155. The highest BCUT2D eigenvalue weighted by molar-refractivity contribution is 7.18. The van der Waals surface area contributed by atoms with E-state index in [-0.39, 0.29) is 24.1 Å². The van der Waals surface area contributed by atoms with E-state index in [4.69, 9.17) is 4.74 Å². The zero-order valence-electron chi connectivity index (χ0n) is 17.9. The molecule has 4 heterocycles. The van der Waals surface area contributed by atoms with Gasteiger partial charge < -0.3 is 14.7 Å². The first-order valence-electron chi connectivity index (χ1n) is 10.6. The number of aromatic nitrogens is 2. The predicted octanol–water partition coefficient (Wildman–Crippen LogP) is 1.15. The molecule has 8 nitrogen and oxygen atoms in total. The molecule has 4 rings (SSSR count). The Kier molecular flexibility index (Phi) is 5.98. The Bertz CT molecular complexity index is 987. The maximum atomic E-state index is 13.0. The second-order valence-electron chi connectivity index (χ2n) is 8.51. The Morgan fingerprint density at radius 3 is 2.60 bits per heavy atom. The van der Waals surface area contributed by atoms with E-state index in [9.17, 15) is 14.7 Å². The Balaban J connectivity index is 1.42. The van der Waals surface area contributed by atoms with Gasteiger partial charge in [-0.3, -0.25) is 19.1 Å². The largest absolute Gasteiger partial charge is 0.388 e. The van der Waals surface area contributed by atoms with Gasteiger partial charge in [-0.15, -0.1) is 11.3 Å². The van der Waals surface area contributed by atoms with Gasteiger partial charge in [-0.1, -0.05) is 0 Å². The van der Waals surface area contributed by atoms with Gasteiger partial charge in [0.25, 0.3) is 5.56 Å². The molecule has 2 saturated heterocycles. The number of ether oxygens (including phenoxy) is 1. The smallest absolute Gasteiger partial charge is 0.262 e. The van der Waals surface area contributed by atoms with Crippen LogP contribution in [0.4, 0.5) is 0 Å². The second kappa shape index (κ2) is 8.37. The molecular formula is C21H30N4O4S. The lowest BCUT2D eigenvalue weighted by molar-refractivity contribution is -0.142. The van der Waals surface area contributed by atoms with Gasteiger partial charge in [-0.05, 0) is 39.2 Å². The molecular weight excluding hydrogens is 404 g/mol. The lowest BCUT2D eigenvalue weighted by Gasteiger charge is -2.41. The molecule has 164 valence electrons. The van der Waals surface area contributed by atoms with Gasteiger partial charge >= 0.3 is 0 Å². The number of fused-ring (bicyclic) bond motifs is 1. The van der Waals surface area contributed by atoms with Crippen molar-refractivity contribution in [1.29, 1.82) is 0 Å². The van der Waals surface area contributed by atoms with Crippen molar-refractivity contribution in [2.24, 2.45) is 0 Å². The van der Waals surface area contributed by atoms with Crippen LogP contribution in [0.5, 0.6) is 0 Å². The Labute approximate surface area is 180 Å². The van der Waals surface area contributed by atoms with Gasteiger partial charge in [0.1, 0.15) is 4.83 Å². The van der Waals surface area contributed by atoms with E-state index in [1.807, 2.05) is 25.7 Å². The van der Waals surface area contributed by atoms with Crippen LogP contribution in [-0.4, -0.2) is 81.4 Å². The minimum absolute atomic E-state index is 0.101. The SMILES string of the molecule is Cc1sc2ncn(CC3(O)CCN(C(=O)C(C)N4CCOCC4)CC3)c(=O)c2c1C. The van der Waals surface area contributed by atoms with Crippen molar-refractivity contribution in [1.82, 2.24) is 19.4 Å². The van der Waals surface area contributed by atoms with Crippen molar-refractivity contribution in [3.63, 3.8) is 0 Å². The number of rotatable bonds is 4. The lowest BCUT2D eigenvalue weighted by Crippen LogP contribution is -2.55. The van der Waals surface area contributed by atoms with Crippen LogP contribution < -0.4 is 5.56 Å². The molecule has 2 aliphatic heterocycles. The summed E-state index contributed by atoms with van der Waals surface area (Å²) < 4.78 is 6.90. The molecule has 1 unspecified atom stereocenters. The van der Waals surface area contributed by atoms with Crippen molar-refractivity contribution < 1.29 is 14.6 Å². The fourth-order valence-electron chi connectivity index (χ4n) is 4.39. The molecule has 0 saturated carbocycles. The van der Waals surface area contributed by atoms with E-state index in [2.05, 4.69) is 9.88 Å². The number of carbonyl (C=O) groups is 1. The highest BCUT2D eigenvalue weighted by atomic mass is 32.1. The molecule has 2 aromatic rings. The van der Waals surface area contributed by atoms with E-state index >= 15 is 0 Å². The fourth-order valence-corrected chi connectivity index (χ4v) is 5.37. The highest BCUT2D eigenvalue weighted by Gasteiger charge is 2.37. The number of morpholine rings is 1. The van der Waals surface area contributed by atoms with Gasteiger partial charge in [0.15, 0.2) is 0 Å².